The molecule has 0 aromatic heterocycles. The quantitative estimate of drug-likeness (QED) is 0.243. The Hall–Kier alpha value is -3.10. The minimum Gasteiger partial charge on any atom is -0.504 e. The Labute approximate surface area is 220 Å². The summed E-state index contributed by atoms with van der Waals surface area (Å²) in [5.41, 5.74) is 1.69. The maximum Gasteiger partial charge on any atom is 0.305 e. The van der Waals surface area contributed by atoms with E-state index in [4.69, 9.17) is 4.74 Å². The largest absolute Gasteiger partial charge is 0.504 e. The van der Waals surface area contributed by atoms with E-state index < -0.39 is 30.1 Å². The molecule has 4 atom stereocenters. The summed E-state index contributed by atoms with van der Waals surface area (Å²) < 4.78 is 5.11. The van der Waals surface area contributed by atoms with Crippen molar-refractivity contribution in [1.82, 2.24) is 10.6 Å². The van der Waals surface area contributed by atoms with Crippen LogP contribution in [0.2, 0.25) is 0 Å². The third-order valence-electron chi connectivity index (χ3n) is 7.03. The van der Waals surface area contributed by atoms with Gasteiger partial charge in [-0.15, -0.1) is 0 Å². The zero-order valence-electron chi connectivity index (χ0n) is 22.5. The lowest BCUT2D eigenvalue weighted by atomic mass is 9.81. The van der Waals surface area contributed by atoms with Crippen molar-refractivity contribution in [2.45, 2.75) is 82.9 Å². The number of aliphatic hydroxyl groups excluding tert-OH is 1. The van der Waals surface area contributed by atoms with E-state index in [0.29, 0.717) is 25.1 Å². The molecule has 37 heavy (non-hydrogen) atoms. The summed E-state index contributed by atoms with van der Waals surface area (Å²) in [4.78, 5) is 24.4. The molecular weight excluding hydrogens is 472 g/mol. The number of phenols is 1. The van der Waals surface area contributed by atoms with Crippen LogP contribution in [0.3, 0.4) is 0 Å². The van der Waals surface area contributed by atoms with Gasteiger partial charge in [-0.25, -0.2) is 0 Å². The topological polar surface area (TPSA) is 128 Å². The van der Waals surface area contributed by atoms with Crippen molar-refractivity contribution in [3.05, 3.63) is 59.7 Å². The molecular formula is C29H42N2O6. The fraction of sp³-hybridized carbons (Fsp3) is 0.517. The molecule has 1 amide bonds. The summed E-state index contributed by atoms with van der Waals surface area (Å²) in [5.74, 6) is -0.949. The van der Waals surface area contributed by atoms with Crippen LogP contribution in [-0.4, -0.2) is 59.0 Å². The number of amides is 1. The summed E-state index contributed by atoms with van der Waals surface area (Å²) >= 11 is 0. The molecule has 0 aliphatic heterocycles. The molecule has 4 unspecified atom stereocenters. The molecule has 0 spiro atoms. The first-order chi connectivity index (χ1) is 17.5. The van der Waals surface area contributed by atoms with Crippen LogP contribution in [0, 0.1) is 0 Å². The van der Waals surface area contributed by atoms with Crippen molar-refractivity contribution in [2.75, 3.05) is 13.7 Å². The molecule has 2 rings (SSSR count). The van der Waals surface area contributed by atoms with Gasteiger partial charge in [-0.3, -0.25) is 9.59 Å². The van der Waals surface area contributed by atoms with Crippen LogP contribution in [0.15, 0.2) is 48.5 Å². The number of nitrogens with one attached hydrogen (secondary N) is 2. The van der Waals surface area contributed by atoms with E-state index in [1.54, 1.807) is 19.1 Å². The molecule has 0 saturated carbocycles. The maximum absolute atomic E-state index is 13.0. The van der Waals surface area contributed by atoms with Crippen LogP contribution in [0.5, 0.6) is 11.5 Å². The predicted molar refractivity (Wildman–Crippen MR) is 144 cm³/mol. The average Bonchev–Trinajstić information content (AvgIpc) is 2.86. The minimum atomic E-state index is -1.09. The molecule has 204 valence electrons. The van der Waals surface area contributed by atoms with E-state index in [0.717, 1.165) is 17.5 Å². The number of hydrogen-bond acceptors (Lipinski definition) is 6. The normalized spacial score (nSPS) is 14.9. The standard InChI is InChI=1S/C29H42N2O6/c1-6-20(21-10-8-7-9-11-21)16-24(32)19(2)31-28(36)23(18-27(34)35)30-15-14-29(3,4)22-12-13-26(37-5)25(33)17-22/h7-13,17,19-20,23-24,30,32-33H,6,14-16,18H2,1-5H3,(H,31,36)(H,34,35). The number of carboxylic acids is 1. The first-order valence-corrected chi connectivity index (χ1v) is 12.8. The number of carboxylic acid groups (broad SMARTS) is 1. The zero-order chi connectivity index (χ0) is 27.6. The molecule has 0 radical (unpaired) electrons. The molecule has 2 aromatic rings. The minimum absolute atomic E-state index is 0.0503. The average molecular weight is 515 g/mol. The number of rotatable bonds is 15. The van der Waals surface area contributed by atoms with Gasteiger partial charge in [0.2, 0.25) is 5.91 Å². The van der Waals surface area contributed by atoms with Crippen LogP contribution in [-0.2, 0) is 15.0 Å². The number of aliphatic carboxylic acids is 1. The Bertz CT molecular complexity index is 1010. The van der Waals surface area contributed by atoms with Gasteiger partial charge in [0.1, 0.15) is 0 Å². The molecule has 8 heteroatoms. The smallest absolute Gasteiger partial charge is 0.305 e. The van der Waals surface area contributed by atoms with Crippen molar-refractivity contribution in [3.63, 3.8) is 0 Å². The molecule has 0 heterocycles. The van der Waals surface area contributed by atoms with Crippen molar-refractivity contribution in [2.24, 2.45) is 0 Å². The lowest BCUT2D eigenvalue weighted by Gasteiger charge is -2.28. The van der Waals surface area contributed by atoms with E-state index in [1.807, 2.05) is 50.2 Å². The van der Waals surface area contributed by atoms with Crippen molar-refractivity contribution in [1.29, 1.82) is 0 Å². The highest BCUT2D eigenvalue weighted by molar-refractivity contribution is 5.86. The Morgan fingerprint density at radius 2 is 1.78 bits per heavy atom. The number of hydrogen-bond donors (Lipinski definition) is 5. The Balaban J connectivity index is 1.97. The van der Waals surface area contributed by atoms with E-state index in [-0.39, 0.29) is 23.5 Å². The molecule has 0 fully saturated rings. The number of benzene rings is 2. The summed E-state index contributed by atoms with van der Waals surface area (Å²) in [5, 5.41) is 36.1. The Kier molecular flexibility index (Phi) is 11.4. The highest BCUT2D eigenvalue weighted by Crippen LogP contribution is 2.34. The lowest BCUT2D eigenvalue weighted by Crippen LogP contribution is -2.51. The van der Waals surface area contributed by atoms with E-state index in [9.17, 15) is 24.9 Å². The van der Waals surface area contributed by atoms with Gasteiger partial charge in [-0.1, -0.05) is 57.2 Å². The fourth-order valence-electron chi connectivity index (χ4n) is 4.43. The van der Waals surface area contributed by atoms with Crippen LogP contribution in [0.25, 0.3) is 0 Å². The summed E-state index contributed by atoms with van der Waals surface area (Å²) in [6, 6.07) is 13.7. The van der Waals surface area contributed by atoms with E-state index in [2.05, 4.69) is 17.6 Å². The fourth-order valence-corrected chi connectivity index (χ4v) is 4.43. The number of aromatic hydroxyl groups is 1. The number of carbonyl (C=O) groups is 2. The summed E-state index contributed by atoms with van der Waals surface area (Å²) in [6.07, 6.45) is 0.783. The highest BCUT2D eigenvalue weighted by atomic mass is 16.5. The zero-order valence-corrected chi connectivity index (χ0v) is 22.5. The van der Waals surface area contributed by atoms with Crippen LogP contribution in [0.4, 0.5) is 0 Å². The van der Waals surface area contributed by atoms with Crippen LogP contribution < -0.4 is 15.4 Å². The predicted octanol–water partition coefficient (Wildman–Crippen LogP) is 3.95. The van der Waals surface area contributed by atoms with Crippen molar-refractivity contribution < 1.29 is 29.6 Å². The number of phenolic OH excluding ortho intramolecular Hbond substituents is 1. The van der Waals surface area contributed by atoms with Gasteiger partial charge in [-0.2, -0.15) is 0 Å². The second kappa shape index (κ2) is 14.0. The SMILES string of the molecule is CCC(CC(O)C(C)NC(=O)C(CC(=O)O)NCCC(C)(C)c1ccc(OC)c(O)c1)c1ccccc1. The highest BCUT2D eigenvalue weighted by Gasteiger charge is 2.28. The van der Waals surface area contributed by atoms with Crippen LogP contribution in [0.1, 0.15) is 70.4 Å². The maximum atomic E-state index is 13.0. The number of aliphatic hydroxyl groups is 1. The number of methoxy groups -OCH3 is 1. The molecule has 0 aliphatic rings. The van der Waals surface area contributed by atoms with Gasteiger partial charge in [0.25, 0.3) is 0 Å². The van der Waals surface area contributed by atoms with Crippen LogP contribution >= 0.6 is 0 Å². The second-order valence-electron chi connectivity index (χ2n) is 10.2. The number of carbonyl (C=O) groups excluding carboxylic acids is 1. The van der Waals surface area contributed by atoms with Gasteiger partial charge < -0.3 is 30.7 Å². The van der Waals surface area contributed by atoms with Gasteiger partial charge in [-0.05, 0) is 67.3 Å². The third-order valence-corrected chi connectivity index (χ3v) is 7.03. The molecule has 0 saturated heterocycles. The first-order valence-electron chi connectivity index (χ1n) is 12.8. The van der Waals surface area contributed by atoms with Gasteiger partial charge in [0.15, 0.2) is 11.5 Å². The van der Waals surface area contributed by atoms with E-state index in [1.165, 1.54) is 7.11 Å². The third kappa shape index (κ3) is 9.05. The molecule has 0 aliphatic carbocycles. The first kappa shape index (κ1) is 30.1. The summed E-state index contributed by atoms with van der Waals surface area (Å²) in [6.45, 7) is 8.20. The Morgan fingerprint density at radius 1 is 1.11 bits per heavy atom. The lowest BCUT2D eigenvalue weighted by molar-refractivity contribution is -0.140. The Morgan fingerprint density at radius 3 is 2.35 bits per heavy atom. The van der Waals surface area contributed by atoms with Crippen molar-refractivity contribution >= 4 is 11.9 Å². The monoisotopic (exact) mass is 514 g/mol. The molecule has 2 aromatic carbocycles. The van der Waals surface area contributed by atoms with E-state index >= 15 is 0 Å². The molecule has 0 bridgehead atoms. The number of ether oxygens (including phenoxy) is 1. The molecule has 8 nitrogen and oxygen atoms in total. The van der Waals surface area contributed by atoms with Gasteiger partial charge in [0, 0.05) is 0 Å². The summed E-state index contributed by atoms with van der Waals surface area (Å²) in [7, 11) is 1.49. The second-order valence-corrected chi connectivity index (χ2v) is 10.2. The molecule has 5 N–H and O–H groups in total. The van der Waals surface area contributed by atoms with Crippen molar-refractivity contribution in [3.8, 4) is 11.5 Å². The van der Waals surface area contributed by atoms with Gasteiger partial charge in [0.05, 0.1) is 31.7 Å². The van der Waals surface area contributed by atoms with Gasteiger partial charge >= 0.3 is 5.97 Å².